The summed E-state index contributed by atoms with van der Waals surface area (Å²) in [5.74, 6) is 0. The van der Waals surface area contributed by atoms with Gasteiger partial charge >= 0.3 is 0 Å². The first-order valence-corrected chi connectivity index (χ1v) is 18.2. The number of thiophene rings is 1. The number of fused-ring (bicyclic) bond motifs is 6. The second kappa shape index (κ2) is 12.2. The van der Waals surface area contributed by atoms with Crippen molar-refractivity contribution in [2.24, 2.45) is 0 Å². The standard InChI is InChI=1S/C48H32N2S/c1-3-12-33(13-4-1)34-22-26-37(27-23-34)49(39-30-31-47-43(32-39)41-16-8-10-21-46(41)51-47)38-28-24-35(25-29-38)40-18-11-20-45-48(40)42-17-7-9-19-44(42)50(45)36-14-5-2-6-15-36/h1-32H. The Kier molecular flexibility index (Phi) is 7.04. The highest BCUT2D eigenvalue weighted by Gasteiger charge is 2.18. The third-order valence-corrected chi connectivity index (χ3v) is 11.2. The summed E-state index contributed by atoms with van der Waals surface area (Å²) in [6.07, 6.45) is 0. The zero-order chi connectivity index (χ0) is 33.7. The number of nitrogens with zero attached hydrogens (tertiary/aromatic N) is 2. The van der Waals surface area contributed by atoms with Gasteiger partial charge in [0.15, 0.2) is 0 Å². The number of hydrogen-bond acceptors (Lipinski definition) is 2. The Morgan fingerprint density at radius 3 is 1.71 bits per heavy atom. The molecule has 0 aliphatic carbocycles. The Bertz CT molecular complexity index is 2830. The van der Waals surface area contributed by atoms with E-state index >= 15 is 0 Å². The van der Waals surface area contributed by atoms with Crippen molar-refractivity contribution in [3.63, 3.8) is 0 Å². The van der Waals surface area contributed by atoms with Gasteiger partial charge in [-0.2, -0.15) is 0 Å². The molecule has 8 aromatic carbocycles. The molecule has 2 heterocycles. The predicted molar refractivity (Wildman–Crippen MR) is 219 cm³/mol. The monoisotopic (exact) mass is 668 g/mol. The molecular formula is C48H32N2S. The second-order valence-corrected chi connectivity index (χ2v) is 14.0. The Balaban J connectivity index is 1.11. The molecule has 2 nitrogen and oxygen atoms in total. The Labute approximate surface area is 300 Å². The normalized spacial score (nSPS) is 11.5. The minimum atomic E-state index is 1.11. The van der Waals surface area contributed by atoms with E-state index in [1.807, 2.05) is 11.3 Å². The molecule has 2 aromatic heterocycles. The van der Waals surface area contributed by atoms with Crippen LogP contribution in [0.3, 0.4) is 0 Å². The molecule has 240 valence electrons. The maximum atomic E-state index is 2.38. The van der Waals surface area contributed by atoms with Gasteiger partial charge in [-0.05, 0) is 95.1 Å². The summed E-state index contributed by atoms with van der Waals surface area (Å²) in [6, 6.07) is 70.3. The first-order chi connectivity index (χ1) is 25.3. The summed E-state index contributed by atoms with van der Waals surface area (Å²) >= 11 is 1.85. The molecule has 0 spiro atoms. The summed E-state index contributed by atoms with van der Waals surface area (Å²) in [5.41, 5.74) is 11.8. The average molecular weight is 669 g/mol. The molecule has 0 aliphatic rings. The molecule has 0 amide bonds. The van der Waals surface area contributed by atoms with Gasteiger partial charge < -0.3 is 9.47 Å². The fourth-order valence-electron chi connectivity index (χ4n) is 7.64. The van der Waals surface area contributed by atoms with E-state index in [0.717, 1.165) is 17.1 Å². The first-order valence-electron chi connectivity index (χ1n) is 17.4. The van der Waals surface area contributed by atoms with E-state index in [0.29, 0.717) is 0 Å². The van der Waals surface area contributed by atoms with E-state index in [9.17, 15) is 0 Å². The topological polar surface area (TPSA) is 8.17 Å². The van der Waals surface area contributed by atoms with Crippen LogP contribution in [0.25, 0.3) is 69.9 Å². The zero-order valence-corrected chi connectivity index (χ0v) is 28.6. The molecule has 10 rings (SSSR count). The van der Waals surface area contributed by atoms with Gasteiger partial charge in [0.05, 0.1) is 11.0 Å². The number of anilines is 3. The quantitative estimate of drug-likeness (QED) is 0.171. The van der Waals surface area contributed by atoms with Crippen molar-refractivity contribution < 1.29 is 0 Å². The van der Waals surface area contributed by atoms with Crippen molar-refractivity contribution in [3.8, 4) is 27.9 Å². The van der Waals surface area contributed by atoms with Crippen molar-refractivity contribution >= 4 is 70.4 Å². The lowest BCUT2D eigenvalue weighted by Crippen LogP contribution is -2.09. The summed E-state index contributed by atoms with van der Waals surface area (Å²) < 4.78 is 5.00. The summed E-state index contributed by atoms with van der Waals surface area (Å²) in [5, 5.41) is 5.12. The predicted octanol–water partition coefficient (Wildman–Crippen LogP) is 14.0. The van der Waals surface area contributed by atoms with E-state index < -0.39 is 0 Å². The molecule has 0 unspecified atom stereocenters. The summed E-state index contributed by atoms with van der Waals surface area (Å²) in [4.78, 5) is 2.38. The second-order valence-electron chi connectivity index (χ2n) is 13.0. The van der Waals surface area contributed by atoms with E-state index in [2.05, 4.69) is 204 Å². The number of benzene rings is 8. The van der Waals surface area contributed by atoms with Crippen LogP contribution in [0.2, 0.25) is 0 Å². The molecule has 0 saturated heterocycles. The van der Waals surface area contributed by atoms with E-state index in [1.54, 1.807) is 0 Å². The van der Waals surface area contributed by atoms with Gasteiger partial charge in [-0.25, -0.2) is 0 Å². The maximum absolute atomic E-state index is 2.38. The lowest BCUT2D eigenvalue weighted by molar-refractivity contribution is 1.18. The summed E-state index contributed by atoms with van der Waals surface area (Å²) in [6.45, 7) is 0. The van der Waals surface area contributed by atoms with Crippen molar-refractivity contribution in [1.82, 2.24) is 4.57 Å². The van der Waals surface area contributed by atoms with Crippen LogP contribution in [-0.4, -0.2) is 4.57 Å². The van der Waals surface area contributed by atoms with Crippen molar-refractivity contribution in [2.45, 2.75) is 0 Å². The van der Waals surface area contributed by atoms with E-state index in [4.69, 9.17) is 0 Å². The van der Waals surface area contributed by atoms with Crippen LogP contribution in [0.5, 0.6) is 0 Å². The van der Waals surface area contributed by atoms with E-state index in [1.165, 1.54) is 69.9 Å². The number of hydrogen-bond donors (Lipinski definition) is 0. The zero-order valence-electron chi connectivity index (χ0n) is 27.8. The lowest BCUT2D eigenvalue weighted by Gasteiger charge is -2.26. The maximum Gasteiger partial charge on any atom is 0.0547 e. The van der Waals surface area contributed by atoms with Crippen molar-refractivity contribution in [2.75, 3.05) is 4.90 Å². The fourth-order valence-corrected chi connectivity index (χ4v) is 8.73. The van der Waals surface area contributed by atoms with Crippen LogP contribution in [0.15, 0.2) is 194 Å². The third kappa shape index (κ3) is 5.01. The van der Waals surface area contributed by atoms with Crippen LogP contribution in [0.1, 0.15) is 0 Å². The molecule has 0 N–H and O–H groups in total. The van der Waals surface area contributed by atoms with Crippen LogP contribution in [0.4, 0.5) is 17.1 Å². The Morgan fingerprint density at radius 2 is 0.941 bits per heavy atom. The van der Waals surface area contributed by atoms with Crippen LogP contribution < -0.4 is 4.90 Å². The molecule has 10 aromatic rings. The molecule has 51 heavy (non-hydrogen) atoms. The molecule has 0 radical (unpaired) electrons. The van der Waals surface area contributed by atoms with Gasteiger partial charge in [0.1, 0.15) is 0 Å². The highest BCUT2D eigenvalue weighted by Crippen LogP contribution is 2.43. The minimum absolute atomic E-state index is 1.11. The van der Waals surface area contributed by atoms with Gasteiger partial charge in [-0.1, -0.05) is 121 Å². The van der Waals surface area contributed by atoms with Gasteiger partial charge in [-0.3, -0.25) is 0 Å². The molecule has 0 aliphatic heterocycles. The Morgan fingerprint density at radius 1 is 0.373 bits per heavy atom. The minimum Gasteiger partial charge on any atom is -0.310 e. The van der Waals surface area contributed by atoms with Gasteiger partial charge in [-0.15, -0.1) is 11.3 Å². The van der Waals surface area contributed by atoms with Gasteiger partial charge in [0.2, 0.25) is 0 Å². The Hall–Kier alpha value is -6.42. The molecule has 3 heteroatoms. The number of para-hydroxylation sites is 2. The summed E-state index contributed by atoms with van der Waals surface area (Å²) in [7, 11) is 0. The number of rotatable bonds is 6. The van der Waals surface area contributed by atoms with Crippen LogP contribution in [0, 0.1) is 0 Å². The highest BCUT2D eigenvalue weighted by atomic mass is 32.1. The molecule has 0 atom stereocenters. The third-order valence-electron chi connectivity index (χ3n) is 10.00. The van der Waals surface area contributed by atoms with Gasteiger partial charge in [0.25, 0.3) is 0 Å². The first kappa shape index (κ1) is 29.5. The molecule has 0 fully saturated rings. The van der Waals surface area contributed by atoms with Crippen LogP contribution in [-0.2, 0) is 0 Å². The van der Waals surface area contributed by atoms with Gasteiger partial charge in [0, 0.05) is 53.7 Å². The molecule has 0 bridgehead atoms. The molecular weight excluding hydrogens is 637 g/mol. The fraction of sp³-hybridized carbons (Fsp3) is 0. The average Bonchev–Trinajstić information content (AvgIpc) is 3.75. The van der Waals surface area contributed by atoms with Crippen molar-refractivity contribution in [3.05, 3.63) is 194 Å². The number of aromatic nitrogens is 1. The van der Waals surface area contributed by atoms with Crippen LogP contribution >= 0.6 is 11.3 Å². The van der Waals surface area contributed by atoms with Crippen molar-refractivity contribution in [1.29, 1.82) is 0 Å². The molecule has 0 saturated carbocycles. The largest absolute Gasteiger partial charge is 0.310 e. The lowest BCUT2D eigenvalue weighted by atomic mass is 9.99. The highest BCUT2D eigenvalue weighted by molar-refractivity contribution is 7.25. The smallest absolute Gasteiger partial charge is 0.0547 e. The SMILES string of the molecule is c1ccc(-c2ccc(N(c3ccc(-c4cccc5c4c4ccccc4n5-c4ccccc4)cc3)c3ccc4sc5ccccc5c4c3)cc2)cc1. The van der Waals surface area contributed by atoms with E-state index in [-0.39, 0.29) is 0 Å².